The van der Waals surface area contributed by atoms with Crippen LogP contribution in [0.15, 0.2) is 30.3 Å². The van der Waals surface area contributed by atoms with E-state index >= 15 is 0 Å². The van der Waals surface area contributed by atoms with E-state index in [1.165, 1.54) is 6.07 Å². The number of hydroxylamine groups is 1. The van der Waals surface area contributed by atoms with Crippen molar-refractivity contribution in [2.24, 2.45) is 0 Å². The van der Waals surface area contributed by atoms with Crippen LogP contribution >= 0.6 is 11.6 Å². The first-order valence-corrected chi connectivity index (χ1v) is 6.28. The molecule has 1 aromatic heterocycles. The fraction of sp³-hybridized carbons (Fsp3) is 0.286. The fourth-order valence-electron chi connectivity index (χ4n) is 1.59. The van der Waals surface area contributed by atoms with Gasteiger partial charge in [-0.05, 0) is 32.9 Å². The molecule has 100 valence electrons. The Balaban J connectivity index is 2.36. The Kier molecular flexibility index (Phi) is 3.73. The number of amides is 1. The summed E-state index contributed by atoms with van der Waals surface area (Å²) >= 11 is 5.93. The summed E-state index contributed by atoms with van der Waals surface area (Å²) in [4.78, 5) is 21.6. The van der Waals surface area contributed by atoms with Crippen molar-refractivity contribution in [3.05, 3.63) is 41.0 Å². The number of rotatable bonds is 2. The highest BCUT2D eigenvalue weighted by Gasteiger charge is 2.16. The van der Waals surface area contributed by atoms with Crippen LogP contribution in [0.25, 0.3) is 10.9 Å². The van der Waals surface area contributed by atoms with Crippen molar-refractivity contribution >= 4 is 28.4 Å². The minimum atomic E-state index is -0.456. The number of fused-ring (bicyclic) bond motifs is 1. The average Bonchev–Trinajstić information content (AvgIpc) is 2.34. The smallest absolute Gasteiger partial charge is 0.268 e. The molecule has 0 saturated carbocycles. The first kappa shape index (κ1) is 13.8. The van der Waals surface area contributed by atoms with E-state index < -0.39 is 5.60 Å². The molecule has 4 nitrogen and oxygen atoms in total. The monoisotopic (exact) mass is 278 g/mol. The Morgan fingerprint density at radius 2 is 2.00 bits per heavy atom. The molecule has 0 spiro atoms. The van der Waals surface area contributed by atoms with Crippen molar-refractivity contribution < 1.29 is 9.63 Å². The molecular weight excluding hydrogens is 264 g/mol. The van der Waals surface area contributed by atoms with Gasteiger partial charge in [0.2, 0.25) is 0 Å². The normalized spacial score (nSPS) is 11.6. The highest BCUT2D eigenvalue weighted by molar-refractivity contribution is 6.30. The number of carbonyl (C=O) groups excluding carboxylic acids is 1. The molecule has 1 aromatic carbocycles. The first-order valence-electron chi connectivity index (χ1n) is 5.90. The maximum Gasteiger partial charge on any atom is 0.275 e. The standard InChI is InChI=1S/C14H15ClN2O2/c1-14(2,3)19-17-13(18)10-8-12(15)16-11-7-5-4-6-9(10)11/h4-8H,1-3H3,(H,17,18). The van der Waals surface area contributed by atoms with Crippen LogP contribution in [0.1, 0.15) is 31.1 Å². The van der Waals surface area contributed by atoms with E-state index in [0.717, 1.165) is 5.39 Å². The van der Waals surface area contributed by atoms with E-state index in [1.54, 1.807) is 0 Å². The van der Waals surface area contributed by atoms with Crippen molar-refractivity contribution in [3.63, 3.8) is 0 Å². The summed E-state index contributed by atoms with van der Waals surface area (Å²) in [6.45, 7) is 5.56. The summed E-state index contributed by atoms with van der Waals surface area (Å²) in [6, 6.07) is 8.86. The lowest BCUT2D eigenvalue weighted by Gasteiger charge is -2.19. The van der Waals surface area contributed by atoms with Crippen LogP contribution < -0.4 is 5.48 Å². The van der Waals surface area contributed by atoms with E-state index in [2.05, 4.69) is 10.5 Å². The van der Waals surface area contributed by atoms with Gasteiger partial charge in [-0.1, -0.05) is 29.8 Å². The van der Waals surface area contributed by atoms with Gasteiger partial charge in [-0.15, -0.1) is 0 Å². The van der Waals surface area contributed by atoms with Gasteiger partial charge >= 0.3 is 0 Å². The molecule has 1 amide bonds. The third-order valence-electron chi connectivity index (χ3n) is 2.38. The molecule has 0 unspecified atom stereocenters. The Bertz CT molecular complexity index is 620. The highest BCUT2D eigenvalue weighted by atomic mass is 35.5. The summed E-state index contributed by atoms with van der Waals surface area (Å²) in [5.74, 6) is -0.338. The number of halogens is 1. The van der Waals surface area contributed by atoms with Crippen LogP contribution in [0, 0.1) is 0 Å². The second-order valence-corrected chi connectivity index (χ2v) is 5.54. The molecule has 0 aliphatic carbocycles. The maximum atomic E-state index is 12.1. The number of benzene rings is 1. The number of nitrogens with zero attached hydrogens (tertiary/aromatic N) is 1. The largest absolute Gasteiger partial charge is 0.275 e. The van der Waals surface area contributed by atoms with Crippen LogP contribution in [-0.2, 0) is 4.84 Å². The second-order valence-electron chi connectivity index (χ2n) is 5.16. The van der Waals surface area contributed by atoms with Gasteiger partial charge in [0.1, 0.15) is 5.15 Å². The SMILES string of the molecule is CC(C)(C)ONC(=O)c1cc(Cl)nc2ccccc12. The number of nitrogens with one attached hydrogen (secondary N) is 1. The molecule has 0 bridgehead atoms. The maximum absolute atomic E-state index is 12.1. The zero-order valence-electron chi connectivity index (χ0n) is 11.0. The summed E-state index contributed by atoms with van der Waals surface area (Å²) in [7, 11) is 0. The molecule has 19 heavy (non-hydrogen) atoms. The van der Waals surface area contributed by atoms with Crippen LogP contribution in [-0.4, -0.2) is 16.5 Å². The predicted molar refractivity (Wildman–Crippen MR) is 75.1 cm³/mol. The summed E-state index contributed by atoms with van der Waals surface area (Å²) < 4.78 is 0. The highest BCUT2D eigenvalue weighted by Crippen LogP contribution is 2.21. The molecule has 1 heterocycles. The lowest BCUT2D eigenvalue weighted by Crippen LogP contribution is -2.33. The van der Waals surface area contributed by atoms with Crippen molar-refractivity contribution in [1.29, 1.82) is 0 Å². The van der Waals surface area contributed by atoms with E-state index in [-0.39, 0.29) is 11.1 Å². The molecule has 0 fully saturated rings. The van der Waals surface area contributed by atoms with Gasteiger partial charge in [0.25, 0.3) is 5.91 Å². The van der Waals surface area contributed by atoms with Gasteiger partial charge in [0.15, 0.2) is 0 Å². The lowest BCUT2D eigenvalue weighted by molar-refractivity contribution is -0.0589. The van der Waals surface area contributed by atoms with Crippen molar-refractivity contribution in [3.8, 4) is 0 Å². The van der Waals surface area contributed by atoms with Crippen molar-refractivity contribution in [1.82, 2.24) is 10.5 Å². The molecule has 0 aliphatic heterocycles. The molecule has 5 heteroatoms. The zero-order chi connectivity index (χ0) is 14.0. The van der Waals surface area contributed by atoms with Gasteiger partial charge in [0.05, 0.1) is 16.7 Å². The number of aromatic nitrogens is 1. The number of para-hydroxylation sites is 1. The summed E-state index contributed by atoms with van der Waals surface area (Å²) in [5, 5.41) is 1.02. The Morgan fingerprint density at radius 1 is 1.32 bits per heavy atom. The Hall–Kier alpha value is -1.65. The molecule has 0 aliphatic rings. The van der Waals surface area contributed by atoms with Gasteiger partial charge in [0, 0.05) is 5.39 Å². The van der Waals surface area contributed by atoms with Crippen LogP contribution in [0.4, 0.5) is 0 Å². The summed E-state index contributed by atoms with van der Waals surface area (Å²) in [5.41, 5.74) is 3.10. The van der Waals surface area contributed by atoms with E-state index in [4.69, 9.17) is 16.4 Å². The minimum absolute atomic E-state index is 0.277. The number of carbonyl (C=O) groups is 1. The van der Waals surface area contributed by atoms with Crippen molar-refractivity contribution in [2.75, 3.05) is 0 Å². The molecule has 0 saturated heterocycles. The van der Waals surface area contributed by atoms with Gasteiger partial charge < -0.3 is 0 Å². The van der Waals surface area contributed by atoms with E-state index in [9.17, 15) is 4.79 Å². The number of hydrogen-bond acceptors (Lipinski definition) is 3. The zero-order valence-corrected chi connectivity index (χ0v) is 11.8. The Morgan fingerprint density at radius 3 is 2.68 bits per heavy atom. The fourth-order valence-corrected chi connectivity index (χ4v) is 1.79. The predicted octanol–water partition coefficient (Wildman–Crippen LogP) is 3.35. The quantitative estimate of drug-likeness (QED) is 0.677. The third kappa shape index (κ3) is 3.43. The first-order chi connectivity index (χ1) is 8.87. The van der Waals surface area contributed by atoms with E-state index in [0.29, 0.717) is 11.1 Å². The number of pyridine rings is 1. The van der Waals surface area contributed by atoms with Gasteiger partial charge in [-0.3, -0.25) is 9.63 Å². The van der Waals surface area contributed by atoms with Crippen LogP contribution in [0.5, 0.6) is 0 Å². The number of hydrogen-bond donors (Lipinski definition) is 1. The van der Waals surface area contributed by atoms with Gasteiger partial charge in [-0.25, -0.2) is 10.5 Å². The second kappa shape index (κ2) is 5.15. The van der Waals surface area contributed by atoms with Crippen molar-refractivity contribution in [2.45, 2.75) is 26.4 Å². The molecule has 2 rings (SSSR count). The Labute approximate surface area is 116 Å². The lowest BCUT2D eigenvalue weighted by atomic mass is 10.1. The average molecular weight is 279 g/mol. The molecule has 0 radical (unpaired) electrons. The van der Waals surface area contributed by atoms with Crippen LogP contribution in [0.3, 0.4) is 0 Å². The minimum Gasteiger partial charge on any atom is -0.268 e. The molecule has 1 N–H and O–H groups in total. The van der Waals surface area contributed by atoms with Gasteiger partial charge in [-0.2, -0.15) is 0 Å². The molecule has 0 atom stereocenters. The molecular formula is C14H15ClN2O2. The molecule has 2 aromatic rings. The topological polar surface area (TPSA) is 51.2 Å². The summed E-state index contributed by atoms with van der Waals surface area (Å²) in [6.07, 6.45) is 0. The third-order valence-corrected chi connectivity index (χ3v) is 2.57. The van der Waals surface area contributed by atoms with E-state index in [1.807, 2.05) is 45.0 Å². The van der Waals surface area contributed by atoms with Crippen LogP contribution in [0.2, 0.25) is 5.15 Å².